The molecule has 1 unspecified atom stereocenters. The third-order valence-electron chi connectivity index (χ3n) is 3.24. The van der Waals surface area contributed by atoms with Crippen molar-refractivity contribution in [3.05, 3.63) is 11.4 Å². The summed E-state index contributed by atoms with van der Waals surface area (Å²) in [6.45, 7) is 6.89. The molecule has 0 aliphatic carbocycles. The Morgan fingerprint density at radius 3 is 2.89 bits per heavy atom. The van der Waals surface area contributed by atoms with Gasteiger partial charge in [-0.1, -0.05) is 13.8 Å². The highest BCUT2D eigenvalue weighted by molar-refractivity contribution is 7.99. The summed E-state index contributed by atoms with van der Waals surface area (Å²) in [4.78, 5) is 14.3. The lowest BCUT2D eigenvalue weighted by Crippen LogP contribution is -2.44. The molecule has 1 saturated heterocycles. The molecule has 1 aromatic rings. The molecule has 1 fully saturated rings. The van der Waals surface area contributed by atoms with Crippen molar-refractivity contribution in [2.24, 2.45) is 0 Å². The average Bonchev–Trinajstić information content (AvgIpc) is 2.71. The lowest BCUT2D eigenvalue weighted by molar-refractivity contribution is 0.0711. The molecule has 1 aromatic heterocycles. The number of aromatic nitrogens is 2. The van der Waals surface area contributed by atoms with Gasteiger partial charge in [0.2, 0.25) is 0 Å². The maximum Gasteiger partial charge on any atom is 0.276 e. The maximum atomic E-state index is 12.4. The summed E-state index contributed by atoms with van der Waals surface area (Å²) in [6, 6.07) is 0.245. The highest BCUT2D eigenvalue weighted by Crippen LogP contribution is 2.25. The summed E-state index contributed by atoms with van der Waals surface area (Å²) >= 11 is 1.88. The molecule has 6 heteroatoms. The number of nitrogens with zero attached hydrogens (tertiary/aromatic N) is 2. The van der Waals surface area contributed by atoms with Crippen LogP contribution in [0.2, 0.25) is 0 Å². The van der Waals surface area contributed by atoms with E-state index in [-0.39, 0.29) is 17.9 Å². The van der Waals surface area contributed by atoms with E-state index in [0.717, 1.165) is 23.7 Å². The maximum absolute atomic E-state index is 12.4. The van der Waals surface area contributed by atoms with Gasteiger partial charge in [0.1, 0.15) is 0 Å². The summed E-state index contributed by atoms with van der Waals surface area (Å²) in [5.74, 6) is 2.15. The standard InChI is InChI=1S/C12H20N4OS/c1-7(2)10-9(13)11(15-14-10)12(17)16-4-5-18-6-8(16)3/h7-8H,4-6,13H2,1-3H3,(H,14,15). The van der Waals surface area contributed by atoms with E-state index in [1.165, 1.54) is 0 Å². The van der Waals surface area contributed by atoms with E-state index in [2.05, 4.69) is 17.1 Å². The van der Waals surface area contributed by atoms with Crippen LogP contribution in [0.4, 0.5) is 5.69 Å². The number of H-pyrrole nitrogens is 1. The molecule has 2 rings (SSSR count). The van der Waals surface area contributed by atoms with E-state index in [9.17, 15) is 4.79 Å². The van der Waals surface area contributed by atoms with Gasteiger partial charge in [-0.25, -0.2) is 0 Å². The lowest BCUT2D eigenvalue weighted by atomic mass is 10.1. The smallest absolute Gasteiger partial charge is 0.276 e. The predicted molar refractivity (Wildman–Crippen MR) is 74.9 cm³/mol. The van der Waals surface area contributed by atoms with E-state index in [4.69, 9.17) is 5.73 Å². The molecule has 0 aromatic carbocycles. The fourth-order valence-electron chi connectivity index (χ4n) is 2.13. The molecule has 1 atom stereocenters. The van der Waals surface area contributed by atoms with Crippen LogP contribution in [0.1, 0.15) is 42.9 Å². The molecule has 18 heavy (non-hydrogen) atoms. The molecule has 0 spiro atoms. The van der Waals surface area contributed by atoms with Crippen molar-refractivity contribution in [3.63, 3.8) is 0 Å². The second kappa shape index (κ2) is 5.22. The van der Waals surface area contributed by atoms with E-state index in [1.807, 2.05) is 30.5 Å². The number of thioether (sulfide) groups is 1. The highest BCUT2D eigenvalue weighted by atomic mass is 32.2. The van der Waals surface area contributed by atoms with Gasteiger partial charge >= 0.3 is 0 Å². The number of nitrogen functional groups attached to an aromatic ring is 1. The molecule has 1 amide bonds. The van der Waals surface area contributed by atoms with Crippen LogP contribution in [-0.2, 0) is 0 Å². The van der Waals surface area contributed by atoms with Crippen LogP contribution in [0.5, 0.6) is 0 Å². The third kappa shape index (κ3) is 2.34. The Hall–Kier alpha value is -1.17. The van der Waals surface area contributed by atoms with Gasteiger partial charge in [-0.3, -0.25) is 9.89 Å². The largest absolute Gasteiger partial charge is 0.395 e. The van der Waals surface area contributed by atoms with Gasteiger partial charge in [-0.05, 0) is 12.8 Å². The molecule has 0 saturated carbocycles. The summed E-state index contributed by atoms with van der Waals surface area (Å²) in [6.07, 6.45) is 0. The van der Waals surface area contributed by atoms with E-state index in [0.29, 0.717) is 11.4 Å². The van der Waals surface area contributed by atoms with Gasteiger partial charge in [-0.15, -0.1) is 0 Å². The molecule has 100 valence electrons. The zero-order chi connectivity index (χ0) is 13.3. The van der Waals surface area contributed by atoms with Crippen LogP contribution < -0.4 is 5.73 Å². The quantitative estimate of drug-likeness (QED) is 0.856. The molecular formula is C12H20N4OS. The zero-order valence-corrected chi connectivity index (χ0v) is 11.9. The summed E-state index contributed by atoms with van der Waals surface area (Å²) in [7, 11) is 0. The van der Waals surface area contributed by atoms with E-state index in [1.54, 1.807) is 0 Å². The number of hydrogen-bond acceptors (Lipinski definition) is 4. The second-order valence-electron chi connectivity index (χ2n) is 4.98. The van der Waals surface area contributed by atoms with Crippen LogP contribution in [0.15, 0.2) is 0 Å². The number of hydrogen-bond donors (Lipinski definition) is 2. The molecule has 1 aliphatic rings. The average molecular weight is 268 g/mol. The minimum Gasteiger partial charge on any atom is -0.395 e. The molecule has 5 nitrogen and oxygen atoms in total. The first-order valence-electron chi connectivity index (χ1n) is 6.24. The number of nitrogens with one attached hydrogen (secondary N) is 1. The molecule has 0 radical (unpaired) electrons. The fraction of sp³-hybridized carbons (Fsp3) is 0.667. The van der Waals surface area contributed by atoms with Crippen molar-refractivity contribution in [1.82, 2.24) is 15.1 Å². The number of anilines is 1. The molecule has 1 aliphatic heterocycles. The van der Waals surface area contributed by atoms with Crippen molar-refractivity contribution in [2.45, 2.75) is 32.7 Å². The number of carbonyl (C=O) groups is 1. The van der Waals surface area contributed by atoms with Crippen LogP contribution in [0.3, 0.4) is 0 Å². The van der Waals surface area contributed by atoms with Crippen LogP contribution in [-0.4, -0.2) is 45.1 Å². The summed E-state index contributed by atoms with van der Waals surface area (Å²) in [5.41, 5.74) is 7.73. The van der Waals surface area contributed by atoms with Gasteiger partial charge in [0.05, 0.1) is 11.4 Å². The highest BCUT2D eigenvalue weighted by Gasteiger charge is 2.28. The second-order valence-corrected chi connectivity index (χ2v) is 6.13. The van der Waals surface area contributed by atoms with Crippen molar-refractivity contribution in [3.8, 4) is 0 Å². The Morgan fingerprint density at radius 1 is 1.61 bits per heavy atom. The van der Waals surface area contributed by atoms with E-state index >= 15 is 0 Å². The SMILES string of the molecule is CC(C)c1[nH]nc(C(=O)N2CCSCC2C)c1N. The Balaban J connectivity index is 2.23. The fourth-order valence-corrected chi connectivity index (χ4v) is 3.15. The van der Waals surface area contributed by atoms with E-state index < -0.39 is 0 Å². The molecule has 2 heterocycles. The monoisotopic (exact) mass is 268 g/mol. The van der Waals surface area contributed by atoms with Crippen molar-refractivity contribution < 1.29 is 4.79 Å². The predicted octanol–water partition coefficient (Wildman–Crippen LogP) is 1.69. The van der Waals surface area contributed by atoms with Crippen LogP contribution in [0.25, 0.3) is 0 Å². The van der Waals surface area contributed by atoms with Gasteiger partial charge in [0.25, 0.3) is 5.91 Å². The van der Waals surface area contributed by atoms with Crippen molar-refractivity contribution >= 4 is 23.4 Å². The zero-order valence-electron chi connectivity index (χ0n) is 11.1. The normalized spacial score (nSPS) is 20.4. The molecular weight excluding hydrogens is 248 g/mol. The number of aromatic amines is 1. The topological polar surface area (TPSA) is 75.0 Å². The number of rotatable bonds is 2. The first kappa shape index (κ1) is 13.3. The van der Waals surface area contributed by atoms with Crippen LogP contribution >= 0.6 is 11.8 Å². The number of amides is 1. The Bertz CT molecular complexity index is 443. The van der Waals surface area contributed by atoms with Crippen molar-refractivity contribution in [1.29, 1.82) is 0 Å². The first-order valence-corrected chi connectivity index (χ1v) is 7.40. The van der Waals surface area contributed by atoms with Crippen LogP contribution in [0, 0.1) is 0 Å². The molecule has 0 bridgehead atoms. The van der Waals surface area contributed by atoms with Crippen molar-refractivity contribution in [2.75, 3.05) is 23.8 Å². The molecule has 3 N–H and O–H groups in total. The Kier molecular flexibility index (Phi) is 3.85. The summed E-state index contributed by atoms with van der Waals surface area (Å²) in [5, 5.41) is 6.98. The Morgan fingerprint density at radius 2 is 2.33 bits per heavy atom. The van der Waals surface area contributed by atoms with Gasteiger partial charge in [-0.2, -0.15) is 16.9 Å². The number of carbonyl (C=O) groups excluding carboxylic acids is 1. The number of nitrogens with two attached hydrogens (primary N) is 1. The minimum absolute atomic E-state index is 0.0524. The van der Waals surface area contributed by atoms with Gasteiger partial charge < -0.3 is 10.6 Å². The van der Waals surface area contributed by atoms with Gasteiger partial charge in [0.15, 0.2) is 5.69 Å². The summed E-state index contributed by atoms with van der Waals surface area (Å²) < 4.78 is 0. The van der Waals surface area contributed by atoms with Gasteiger partial charge in [0, 0.05) is 24.1 Å². The third-order valence-corrected chi connectivity index (χ3v) is 4.43. The minimum atomic E-state index is -0.0524. The lowest BCUT2D eigenvalue weighted by Gasteiger charge is -2.32. The first-order chi connectivity index (χ1) is 8.52. The Labute approximate surface area is 111 Å².